The third-order valence-corrected chi connectivity index (χ3v) is 3.10. The van der Waals surface area contributed by atoms with E-state index in [2.05, 4.69) is 27.9 Å². The second-order valence-electron chi connectivity index (χ2n) is 4.36. The lowest BCUT2D eigenvalue weighted by molar-refractivity contribution is 0.282. The van der Waals surface area contributed by atoms with Crippen molar-refractivity contribution in [3.8, 4) is 0 Å². The molecule has 90 valence electrons. The van der Waals surface area contributed by atoms with Gasteiger partial charge in [0.1, 0.15) is 0 Å². The molecule has 3 heteroatoms. The Morgan fingerprint density at radius 1 is 1.11 bits per heavy atom. The van der Waals surface area contributed by atoms with Gasteiger partial charge in [-0.3, -0.25) is 4.98 Å². The zero-order chi connectivity index (χ0) is 12.4. The normalized spacial score (nSPS) is 10.9. The van der Waals surface area contributed by atoms with Crippen molar-refractivity contribution in [2.24, 2.45) is 0 Å². The first-order valence-corrected chi connectivity index (χ1v) is 5.94. The van der Waals surface area contributed by atoms with Crippen molar-refractivity contribution in [2.45, 2.75) is 13.2 Å². The molecule has 0 fully saturated rings. The molecule has 0 unspecified atom stereocenters. The molecule has 2 heterocycles. The highest BCUT2D eigenvalue weighted by Gasteiger charge is 2.03. The van der Waals surface area contributed by atoms with E-state index in [-0.39, 0.29) is 6.61 Å². The van der Waals surface area contributed by atoms with E-state index in [0.29, 0.717) is 0 Å². The predicted molar refractivity (Wildman–Crippen MR) is 71.2 cm³/mol. The smallest absolute Gasteiger partial charge is 0.0682 e. The summed E-state index contributed by atoms with van der Waals surface area (Å²) < 4.78 is 2.17. The molecule has 0 atom stereocenters. The van der Waals surface area contributed by atoms with E-state index in [4.69, 9.17) is 0 Å². The number of hydrogen-bond acceptors (Lipinski definition) is 2. The summed E-state index contributed by atoms with van der Waals surface area (Å²) in [6.07, 6.45) is 5.72. The second kappa shape index (κ2) is 4.63. The Kier molecular flexibility index (Phi) is 2.82. The van der Waals surface area contributed by atoms with Crippen molar-refractivity contribution in [3.63, 3.8) is 0 Å². The van der Waals surface area contributed by atoms with Crippen LogP contribution in [-0.2, 0) is 13.2 Å². The highest BCUT2D eigenvalue weighted by atomic mass is 16.3. The summed E-state index contributed by atoms with van der Waals surface area (Å²) in [5.74, 6) is 0. The van der Waals surface area contributed by atoms with Crippen LogP contribution in [0.2, 0.25) is 0 Å². The Balaban J connectivity index is 2.01. The van der Waals surface area contributed by atoms with Crippen LogP contribution in [0.3, 0.4) is 0 Å². The fourth-order valence-electron chi connectivity index (χ4n) is 2.15. The fourth-order valence-corrected chi connectivity index (χ4v) is 2.15. The molecule has 1 N–H and O–H groups in total. The van der Waals surface area contributed by atoms with Crippen molar-refractivity contribution in [2.75, 3.05) is 0 Å². The van der Waals surface area contributed by atoms with E-state index >= 15 is 0 Å². The summed E-state index contributed by atoms with van der Waals surface area (Å²) >= 11 is 0. The Bertz CT molecular complexity index is 659. The van der Waals surface area contributed by atoms with Gasteiger partial charge in [0.15, 0.2) is 0 Å². The zero-order valence-corrected chi connectivity index (χ0v) is 9.95. The maximum Gasteiger partial charge on any atom is 0.0682 e. The molecule has 0 saturated heterocycles. The molecule has 1 aromatic carbocycles. The molecule has 0 aliphatic heterocycles. The number of aromatic nitrogens is 2. The number of aliphatic hydroxyl groups excluding tert-OH is 1. The van der Waals surface area contributed by atoms with E-state index in [0.717, 1.165) is 17.6 Å². The number of pyridine rings is 1. The van der Waals surface area contributed by atoms with Gasteiger partial charge in [-0.15, -0.1) is 0 Å². The first-order valence-electron chi connectivity index (χ1n) is 5.94. The standard InChI is InChI=1S/C15H14N2O/c18-11-12-3-4-14-5-7-17(15(14)8-12)10-13-2-1-6-16-9-13/h1-9,18H,10-11H2. The number of hydrogen-bond donors (Lipinski definition) is 1. The highest BCUT2D eigenvalue weighted by molar-refractivity contribution is 5.80. The Morgan fingerprint density at radius 2 is 2.06 bits per heavy atom. The van der Waals surface area contributed by atoms with Crippen LogP contribution in [-0.4, -0.2) is 14.7 Å². The van der Waals surface area contributed by atoms with Crippen LogP contribution in [0.4, 0.5) is 0 Å². The number of rotatable bonds is 3. The van der Waals surface area contributed by atoms with Crippen molar-refractivity contribution in [1.29, 1.82) is 0 Å². The van der Waals surface area contributed by atoms with Gasteiger partial charge < -0.3 is 9.67 Å². The van der Waals surface area contributed by atoms with Crippen LogP contribution in [0, 0.1) is 0 Å². The van der Waals surface area contributed by atoms with Crippen LogP contribution in [0.15, 0.2) is 55.0 Å². The molecule has 18 heavy (non-hydrogen) atoms. The number of aliphatic hydroxyl groups is 1. The van der Waals surface area contributed by atoms with Crippen LogP contribution >= 0.6 is 0 Å². The Morgan fingerprint density at radius 3 is 2.83 bits per heavy atom. The summed E-state index contributed by atoms with van der Waals surface area (Å²) in [6, 6.07) is 12.1. The van der Waals surface area contributed by atoms with E-state index < -0.39 is 0 Å². The summed E-state index contributed by atoms with van der Waals surface area (Å²) in [5.41, 5.74) is 3.25. The molecule has 2 aromatic heterocycles. The molecule has 0 saturated carbocycles. The summed E-state index contributed by atoms with van der Waals surface area (Å²) in [7, 11) is 0. The molecule has 3 nitrogen and oxygen atoms in total. The first-order chi connectivity index (χ1) is 8.86. The molecule has 0 aliphatic rings. The SMILES string of the molecule is OCc1ccc2ccn(Cc3cccnc3)c2c1. The van der Waals surface area contributed by atoms with Crippen molar-refractivity contribution >= 4 is 10.9 Å². The molecular formula is C15H14N2O. The van der Waals surface area contributed by atoms with Crippen LogP contribution in [0.5, 0.6) is 0 Å². The molecule has 0 spiro atoms. The molecule has 0 aliphatic carbocycles. The third kappa shape index (κ3) is 2.00. The third-order valence-electron chi connectivity index (χ3n) is 3.10. The monoisotopic (exact) mass is 238 g/mol. The van der Waals surface area contributed by atoms with Gasteiger partial charge in [-0.25, -0.2) is 0 Å². The Hall–Kier alpha value is -2.13. The fraction of sp³-hybridized carbons (Fsp3) is 0.133. The largest absolute Gasteiger partial charge is 0.392 e. The second-order valence-corrected chi connectivity index (χ2v) is 4.36. The lowest BCUT2D eigenvalue weighted by atomic mass is 10.2. The minimum atomic E-state index is 0.0774. The van der Waals surface area contributed by atoms with Gasteiger partial charge in [-0.2, -0.15) is 0 Å². The predicted octanol–water partition coefficient (Wildman–Crippen LogP) is 2.58. The molecule has 0 amide bonds. The van der Waals surface area contributed by atoms with Gasteiger partial charge in [-0.1, -0.05) is 18.2 Å². The minimum Gasteiger partial charge on any atom is -0.392 e. The van der Waals surface area contributed by atoms with Crippen LogP contribution in [0.25, 0.3) is 10.9 Å². The maximum atomic E-state index is 9.20. The lowest BCUT2D eigenvalue weighted by Crippen LogP contribution is -1.98. The van der Waals surface area contributed by atoms with Gasteiger partial charge >= 0.3 is 0 Å². The van der Waals surface area contributed by atoms with Crippen molar-refractivity contribution in [3.05, 3.63) is 66.1 Å². The van der Waals surface area contributed by atoms with Crippen molar-refractivity contribution in [1.82, 2.24) is 9.55 Å². The van der Waals surface area contributed by atoms with E-state index in [1.54, 1.807) is 6.20 Å². The Labute approximate surface area is 105 Å². The zero-order valence-electron chi connectivity index (χ0n) is 9.95. The quantitative estimate of drug-likeness (QED) is 0.761. The van der Waals surface area contributed by atoms with Gasteiger partial charge in [0, 0.05) is 30.7 Å². The molecule has 3 aromatic rings. The van der Waals surface area contributed by atoms with Gasteiger partial charge in [0.05, 0.1) is 6.61 Å². The molecule has 3 rings (SSSR count). The molecule has 0 radical (unpaired) electrons. The number of nitrogens with zero attached hydrogens (tertiary/aromatic N) is 2. The van der Waals surface area contributed by atoms with Gasteiger partial charge in [-0.05, 0) is 34.7 Å². The average molecular weight is 238 g/mol. The van der Waals surface area contributed by atoms with E-state index in [1.165, 1.54) is 10.9 Å². The average Bonchev–Trinajstić information content (AvgIpc) is 2.82. The number of fused-ring (bicyclic) bond motifs is 1. The molecular weight excluding hydrogens is 224 g/mol. The van der Waals surface area contributed by atoms with Crippen molar-refractivity contribution < 1.29 is 5.11 Å². The van der Waals surface area contributed by atoms with Crippen LogP contribution in [0.1, 0.15) is 11.1 Å². The van der Waals surface area contributed by atoms with Gasteiger partial charge in [0.2, 0.25) is 0 Å². The highest BCUT2D eigenvalue weighted by Crippen LogP contribution is 2.19. The van der Waals surface area contributed by atoms with Gasteiger partial charge in [0.25, 0.3) is 0 Å². The minimum absolute atomic E-state index is 0.0774. The number of benzene rings is 1. The lowest BCUT2D eigenvalue weighted by Gasteiger charge is -2.06. The summed E-state index contributed by atoms with van der Waals surface area (Å²) in [4.78, 5) is 4.13. The van der Waals surface area contributed by atoms with Crippen LogP contribution < -0.4 is 0 Å². The first kappa shape index (κ1) is 11.0. The summed E-state index contributed by atoms with van der Waals surface area (Å²) in [6.45, 7) is 0.875. The summed E-state index contributed by atoms with van der Waals surface area (Å²) in [5, 5.41) is 10.4. The van der Waals surface area contributed by atoms with E-state index in [9.17, 15) is 5.11 Å². The topological polar surface area (TPSA) is 38.0 Å². The van der Waals surface area contributed by atoms with E-state index in [1.807, 2.05) is 30.5 Å². The maximum absolute atomic E-state index is 9.20. The molecule has 0 bridgehead atoms.